The Morgan fingerprint density at radius 3 is 2.46 bits per heavy atom. The minimum atomic E-state index is -0.104. The van der Waals surface area contributed by atoms with Crippen LogP contribution in [0.3, 0.4) is 0 Å². The van der Waals surface area contributed by atoms with Crippen molar-refractivity contribution in [2.45, 2.75) is 52.9 Å². The van der Waals surface area contributed by atoms with Crippen molar-refractivity contribution in [2.24, 2.45) is 0 Å². The molecule has 0 unspecified atom stereocenters. The van der Waals surface area contributed by atoms with Crippen molar-refractivity contribution in [1.29, 1.82) is 0 Å². The zero-order valence-electron chi connectivity index (χ0n) is 22.9. The third kappa shape index (κ3) is 5.91. The van der Waals surface area contributed by atoms with Crippen LogP contribution >= 0.6 is 0 Å². The second-order valence-electron chi connectivity index (χ2n) is 10.0. The zero-order valence-corrected chi connectivity index (χ0v) is 22.9. The van der Waals surface area contributed by atoms with Gasteiger partial charge in [-0.05, 0) is 77.0 Å². The molecule has 0 aliphatic rings. The topological polar surface area (TPSA) is 88.9 Å². The predicted octanol–water partition coefficient (Wildman–Crippen LogP) is 5.34. The maximum absolute atomic E-state index is 13.3. The lowest BCUT2D eigenvalue weighted by Gasteiger charge is -2.30. The maximum Gasteiger partial charge on any atom is 0.252 e. The number of tetrazole rings is 1. The van der Waals surface area contributed by atoms with E-state index in [1.54, 1.807) is 7.11 Å². The van der Waals surface area contributed by atoms with E-state index in [1.165, 1.54) is 5.56 Å². The summed E-state index contributed by atoms with van der Waals surface area (Å²) in [6, 6.07) is 24.4. The van der Waals surface area contributed by atoms with Crippen molar-refractivity contribution >= 4 is 10.9 Å². The maximum atomic E-state index is 13.3. The minimum absolute atomic E-state index is 0.0693. The van der Waals surface area contributed by atoms with Crippen LogP contribution in [0, 0.1) is 13.8 Å². The van der Waals surface area contributed by atoms with E-state index in [1.807, 2.05) is 60.1 Å². The molecule has 2 heterocycles. The summed E-state index contributed by atoms with van der Waals surface area (Å²) in [5.74, 6) is 1.58. The molecule has 0 spiro atoms. The van der Waals surface area contributed by atoms with Crippen LogP contribution in [0.25, 0.3) is 10.9 Å². The third-order valence-corrected chi connectivity index (χ3v) is 7.15. The van der Waals surface area contributed by atoms with Crippen molar-refractivity contribution in [1.82, 2.24) is 30.1 Å². The standard InChI is InChI=1S/C31H34N6O2/c1-5-28(30-33-34-35-37(30)19-24-11-13-27(39-4)14-12-24)36(18-23-9-7-6-8-10-23)20-26-17-25-16-21(2)15-22(3)29(25)32-31(26)38/h6-17,28H,5,18-20H2,1-4H3,(H,32,38)/t28-/m0/s1. The van der Waals surface area contributed by atoms with Crippen molar-refractivity contribution in [3.05, 3.63) is 117 Å². The highest BCUT2D eigenvalue weighted by Crippen LogP contribution is 2.27. The van der Waals surface area contributed by atoms with Gasteiger partial charge in [0.05, 0.1) is 25.2 Å². The molecule has 2 aromatic heterocycles. The van der Waals surface area contributed by atoms with Crippen molar-refractivity contribution in [3.63, 3.8) is 0 Å². The van der Waals surface area contributed by atoms with Crippen LogP contribution in [-0.4, -0.2) is 37.2 Å². The SMILES string of the molecule is CC[C@@H](c1nnnn1Cc1ccc(OC)cc1)N(Cc1ccccc1)Cc1cc2cc(C)cc(C)c2[nH]c1=O. The molecular weight excluding hydrogens is 488 g/mol. The molecule has 0 aliphatic heterocycles. The number of hydrogen-bond acceptors (Lipinski definition) is 6. The quantitative estimate of drug-likeness (QED) is 0.266. The van der Waals surface area contributed by atoms with Gasteiger partial charge in [-0.15, -0.1) is 5.10 Å². The normalized spacial score (nSPS) is 12.2. The van der Waals surface area contributed by atoms with E-state index in [0.717, 1.165) is 51.2 Å². The molecule has 0 bridgehead atoms. The first-order chi connectivity index (χ1) is 18.9. The summed E-state index contributed by atoms with van der Waals surface area (Å²) >= 11 is 0. The van der Waals surface area contributed by atoms with E-state index < -0.39 is 0 Å². The summed E-state index contributed by atoms with van der Waals surface area (Å²) < 4.78 is 7.15. The van der Waals surface area contributed by atoms with Gasteiger partial charge in [0.25, 0.3) is 5.56 Å². The molecule has 0 radical (unpaired) electrons. The van der Waals surface area contributed by atoms with Crippen LogP contribution in [0.4, 0.5) is 0 Å². The lowest BCUT2D eigenvalue weighted by Crippen LogP contribution is -2.32. The summed E-state index contributed by atoms with van der Waals surface area (Å²) in [6.45, 7) is 7.89. The predicted molar refractivity (Wildman–Crippen MR) is 153 cm³/mol. The van der Waals surface area contributed by atoms with Gasteiger partial charge in [-0.3, -0.25) is 9.69 Å². The van der Waals surface area contributed by atoms with E-state index in [0.29, 0.717) is 19.6 Å². The van der Waals surface area contributed by atoms with Crippen LogP contribution in [-0.2, 0) is 19.6 Å². The number of nitrogens with one attached hydrogen (secondary N) is 1. The number of rotatable bonds is 10. The monoisotopic (exact) mass is 522 g/mol. The lowest BCUT2D eigenvalue weighted by molar-refractivity contribution is 0.161. The Kier molecular flexibility index (Phi) is 7.84. The highest BCUT2D eigenvalue weighted by atomic mass is 16.5. The molecule has 8 nitrogen and oxygen atoms in total. The van der Waals surface area contributed by atoms with Gasteiger partial charge in [0.2, 0.25) is 0 Å². The molecule has 0 aliphatic carbocycles. The van der Waals surface area contributed by atoms with Crippen LogP contribution < -0.4 is 10.3 Å². The molecule has 200 valence electrons. The summed E-state index contributed by atoms with van der Waals surface area (Å²) in [4.78, 5) is 18.7. The number of pyridine rings is 1. The van der Waals surface area contributed by atoms with E-state index in [9.17, 15) is 4.79 Å². The molecule has 1 N–H and O–H groups in total. The Hall–Kier alpha value is -4.30. The van der Waals surface area contributed by atoms with Gasteiger partial charge < -0.3 is 9.72 Å². The van der Waals surface area contributed by atoms with Gasteiger partial charge in [-0.2, -0.15) is 0 Å². The first kappa shape index (κ1) is 26.3. The van der Waals surface area contributed by atoms with Gasteiger partial charge in [-0.1, -0.05) is 61.0 Å². The first-order valence-electron chi connectivity index (χ1n) is 13.2. The molecule has 0 amide bonds. The van der Waals surface area contributed by atoms with Crippen LogP contribution in [0.1, 0.15) is 53.0 Å². The van der Waals surface area contributed by atoms with E-state index in [2.05, 4.69) is 63.5 Å². The summed E-state index contributed by atoms with van der Waals surface area (Å²) in [5, 5.41) is 13.9. The molecular formula is C31H34N6O2. The number of H-pyrrole nitrogens is 1. The number of methoxy groups -OCH3 is 1. The number of hydrogen-bond donors (Lipinski definition) is 1. The summed E-state index contributed by atoms with van der Waals surface area (Å²) in [5.41, 5.74) is 6.01. The Labute approximate surface area is 228 Å². The van der Waals surface area contributed by atoms with Crippen LogP contribution in [0.5, 0.6) is 5.75 Å². The minimum Gasteiger partial charge on any atom is -0.497 e. The molecule has 8 heteroatoms. The number of fused-ring (bicyclic) bond motifs is 1. The Balaban J connectivity index is 1.51. The largest absolute Gasteiger partial charge is 0.497 e. The molecule has 39 heavy (non-hydrogen) atoms. The highest BCUT2D eigenvalue weighted by Gasteiger charge is 2.26. The fourth-order valence-electron chi connectivity index (χ4n) is 5.23. The molecule has 3 aromatic carbocycles. The van der Waals surface area contributed by atoms with Gasteiger partial charge in [-0.25, -0.2) is 4.68 Å². The second-order valence-corrected chi connectivity index (χ2v) is 10.0. The average Bonchev–Trinajstić information content (AvgIpc) is 3.38. The lowest BCUT2D eigenvalue weighted by atomic mass is 10.0. The van der Waals surface area contributed by atoms with Crippen molar-refractivity contribution in [3.8, 4) is 5.75 Å². The number of aromatic nitrogens is 5. The van der Waals surface area contributed by atoms with Gasteiger partial charge in [0.1, 0.15) is 5.75 Å². The number of benzene rings is 3. The molecule has 0 saturated carbocycles. The van der Waals surface area contributed by atoms with Gasteiger partial charge in [0.15, 0.2) is 5.82 Å². The van der Waals surface area contributed by atoms with Gasteiger partial charge in [0, 0.05) is 18.7 Å². The van der Waals surface area contributed by atoms with Crippen molar-refractivity contribution < 1.29 is 4.74 Å². The van der Waals surface area contributed by atoms with Crippen LogP contribution in [0.2, 0.25) is 0 Å². The number of aryl methyl sites for hydroxylation is 2. The van der Waals surface area contributed by atoms with E-state index >= 15 is 0 Å². The summed E-state index contributed by atoms with van der Waals surface area (Å²) in [6.07, 6.45) is 0.777. The number of ether oxygens (including phenoxy) is 1. The fraction of sp³-hybridized carbons (Fsp3) is 0.290. The summed E-state index contributed by atoms with van der Waals surface area (Å²) in [7, 11) is 1.66. The number of aromatic amines is 1. The smallest absolute Gasteiger partial charge is 0.252 e. The van der Waals surface area contributed by atoms with Crippen molar-refractivity contribution in [2.75, 3.05) is 7.11 Å². The highest BCUT2D eigenvalue weighted by molar-refractivity contribution is 5.82. The molecule has 1 atom stereocenters. The zero-order chi connectivity index (χ0) is 27.4. The average molecular weight is 523 g/mol. The third-order valence-electron chi connectivity index (χ3n) is 7.15. The Morgan fingerprint density at radius 1 is 0.974 bits per heavy atom. The molecule has 0 fully saturated rings. The van der Waals surface area contributed by atoms with Crippen LogP contribution in [0.15, 0.2) is 77.6 Å². The Bertz CT molecular complexity index is 1610. The molecule has 0 saturated heterocycles. The first-order valence-corrected chi connectivity index (χ1v) is 13.2. The number of nitrogens with zero attached hydrogens (tertiary/aromatic N) is 5. The van der Waals surface area contributed by atoms with Gasteiger partial charge >= 0.3 is 0 Å². The Morgan fingerprint density at radius 2 is 1.74 bits per heavy atom. The fourth-order valence-corrected chi connectivity index (χ4v) is 5.23. The van der Waals surface area contributed by atoms with E-state index in [4.69, 9.17) is 4.74 Å². The molecule has 5 rings (SSSR count). The van der Waals surface area contributed by atoms with E-state index in [-0.39, 0.29) is 11.6 Å². The second kappa shape index (κ2) is 11.6. The molecule has 5 aromatic rings.